The van der Waals surface area contributed by atoms with Crippen molar-refractivity contribution in [1.82, 2.24) is 5.32 Å². The number of nitrogens with one attached hydrogen (secondary N) is 1. The van der Waals surface area contributed by atoms with Gasteiger partial charge in [0.25, 0.3) is 0 Å². The summed E-state index contributed by atoms with van der Waals surface area (Å²) in [5.41, 5.74) is 1.10. The molecule has 2 aromatic carbocycles. The molecule has 7 nitrogen and oxygen atoms in total. The van der Waals surface area contributed by atoms with Crippen LogP contribution < -0.4 is 19.5 Å². The third-order valence-corrected chi connectivity index (χ3v) is 7.47. The van der Waals surface area contributed by atoms with Crippen LogP contribution in [-0.2, 0) is 23.2 Å². The number of ketones is 1. The van der Waals surface area contributed by atoms with E-state index < -0.39 is 5.60 Å². The maximum atomic E-state index is 13.6. The molecule has 34 heavy (non-hydrogen) atoms. The average Bonchev–Trinajstić information content (AvgIpc) is 3.34. The predicted molar refractivity (Wildman–Crippen MR) is 127 cm³/mol. The number of methoxy groups -OCH3 is 3. The number of carbonyl (C=O) groups is 1. The van der Waals surface area contributed by atoms with Crippen LogP contribution in [0.25, 0.3) is 0 Å². The minimum absolute atomic E-state index is 0.0167. The standard InChI is InChI=1S/C27H32N2O5/c1-32-24-7-5-4-6-21(24)27(31)14-19(10-20-15-29-16-22(20)27)23(30)11-18-13-26(34-3)25(33-2)12-17(18)8-9-28/h4-7,12-13,19-20,22,29,31H,8,10-11,14-16H2,1-3H3/t19-,20-,22+,27+/m0/s1. The predicted octanol–water partition coefficient (Wildman–Crippen LogP) is 3.02. The molecule has 0 radical (unpaired) electrons. The zero-order valence-electron chi connectivity index (χ0n) is 20.0. The summed E-state index contributed by atoms with van der Waals surface area (Å²) in [6.07, 6.45) is 1.42. The zero-order valence-corrected chi connectivity index (χ0v) is 20.0. The van der Waals surface area contributed by atoms with Gasteiger partial charge in [0.1, 0.15) is 11.5 Å². The van der Waals surface area contributed by atoms with Crippen molar-refractivity contribution in [3.05, 3.63) is 53.1 Å². The molecule has 2 aromatic rings. The molecule has 2 fully saturated rings. The van der Waals surface area contributed by atoms with Crippen LogP contribution in [0, 0.1) is 29.1 Å². The molecule has 0 bridgehead atoms. The first-order chi connectivity index (χ1) is 16.4. The van der Waals surface area contributed by atoms with E-state index in [0.29, 0.717) is 30.2 Å². The van der Waals surface area contributed by atoms with E-state index in [-0.39, 0.29) is 36.4 Å². The Hall–Kier alpha value is -3.08. The molecule has 1 aliphatic heterocycles. The quantitative estimate of drug-likeness (QED) is 0.619. The molecule has 4 atom stereocenters. The summed E-state index contributed by atoms with van der Waals surface area (Å²) in [6.45, 7) is 1.49. The maximum absolute atomic E-state index is 13.6. The van der Waals surface area contributed by atoms with Crippen LogP contribution in [0.3, 0.4) is 0 Å². The molecule has 180 valence electrons. The highest BCUT2D eigenvalue weighted by atomic mass is 16.5. The fourth-order valence-electron chi connectivity index (χ4n) is 5.78. The molecule has 1 aliphatic carbocycles. The maximum Gasteiger partial charge on any atom is 0.161 e. The van der Waals surface area contributed by atoms with E-state index in [0.717, 1.165) is 29.7 Å². The van der Waals surface area contributed by atoms with Crippen molar-refractivity contribution in [1.29, 1.82) is 5.26 Å². The van der Waals surface area contributed by atoms with Crippen LogP contribution in [-0.4, -0.2) is 45.3 Å². The summed E-state index contributed by atoms with van der Waals surface area (Å²) in [7, 11) is 4.70. The van der Waals surface area contributed by atoms with E-state index >= 15 is 0 Å². The van der Waals surface area contributed by atoms with Gasteiger partial charge in [-0.25, -0.2) is 0 Å². The largest absolute Gasteiger partial charge is 0.496 e. The number of aliphatic hydroxyl groups is 1. The SMILES string of the molecule is COc1cc(CC#N)c(CC(=O)[C@H]2C[C@H]3CNC[C@H]3[C@](O)(c3ccccc3OC)C2)cc1OC. The summed E-state index contributed by atoms with van der Waals surface area (Å²) < 4.78 is 16.4. The second kappa shape index (κ2) is 10.0. The van der Waals surface area contributed by atoms with Gasteiger partial charge in [-0.2, -0.15) is 5.26 Å². The highest BCUT2D eigenvalue weighted by molar-refractivity contribution is 5.84. The van der Waals surface area contributed by atoms with Gasteiger partial charge in [-0.1, -0.05) is 18.2 Å². The smallest absolute Gasteiger partial charge is 0.161 e. The molecule has 0 unspecified atom stereocenters. The Balaban J connectivity index is 1.65. The first kappa shape index (κ1) is 24.1. The number of nitrogens with zero attached hydrogens (tertiary/aromatic N) is 1. The topological polar surface area (TPSA) is 101 Å². The van der Waals surface area contributed by atoms with Gasteiger partial charge in [-0.15, -0.1) is 0 Å². The van der Waals surface area contributed by atoms with Gasteiger partial charge in [0, 0.05) is 30.4 Å². The van der Waals surface area contributed by atoms with Gasteiger partial charge < -0.3 is 24.6 Å². The lowest BCUT2D eigenvalue weighted by Crippen LogP contribution is -2.47. The van der Waals surface area contributed by atoms with Crippen molar-refractivity contribution in [2.45, 2.75) is 31.3 Å². The fraction of sp³-hybridized carbons (Fsp3) is 0.481. The van der Waals surface area contributed by atoms with E-state index in [9.17, 15) is 15.2 Å². The molecule has 1 heterocycles. The summed E-state index contributed by atoms with van der Waals surface area (Å²) >= 11 is 0. The monoisotopic (exact) mass is 464 g/mol. The first-order valence-electron chi connectivity index (χ1n) is 11.6. The Morgan fingerprint density at radius 1 is 1.09 bits per heavy atom. The summed E-state index contributed by atoms with van der Waals surface area (Å²) in [5, 5.41) is 24.8. The Morgan fingerprint density at radius 2 is 1.76 bits per heavy atom. The van der Waals surface area contributed by atoms with Gasteiger partial charge in [0.2, 0.25) is 0 Å². The molecular formula is C27H32N2O5. The average molecular weight is 465 g/mol. The van der Waals surface area contributed by atoms with Crippen molar-refractivity contribution < 1.29 is 24.1 Å². The molecule has 7 heteroatoms. The first-order valence-corrected chi connectivity index (χ1v) is 11.6. The Kier molecular flexibility index (Phi) is 7.11. The van der Waals surface area contributed by atoms with Crippen molar-refractivity contribution in [2.24, 2.45) is 17.8 Å². The van der Waals surface area contributed by atoms with Crippen LogP contribution in [0.1, 0.15) is 29.5 Å². The van der Waals surface area contributed by atoms with Crippen LogP contribution in [0.4, 0.5) is 0 Å². The Morgan fingerprint density at radius 3 is 2.44 bits per heavy atom. The van der Waals surface area contributed by atoms with Crippen molar-refractivity contribution in [3.8, 4) is 23.3 Å². The summed E-state index contributed by atoms with van der Waals surface area (Å²) in [6, 6.07) is 13.3. The van der Waals surface area contributed by atoms with Crippen LogP contribution in [0.5, 0.6) is 17.2 Å². The molecule has 1 saturated heterocycles. The molecular weight excluding hydrogens is 432 g/mol. The van der Waals surface area contributed by atoms with Crippen LogP contribution >= 0.6 is 0 Å². The van der Waals surface area contributed by atoms with E-state index in [2.05, 4.69) is 11.4 Å². The van der Waals surface area contributed by atoms with E-state index in [1.165, 1.54) is 0 Å². The van der Waals surface area contributed by atoms with E-state index in [1.807, 2.05) is 24.3 Å². The number of ether oxygens (including phenoxy) is 3. The van der Waals surface area contributed by atoms with Gasteiger partial charge in [-0.3, -0.25) is 4.79 Å². The minimum atomic E-state index is -1.16. The number of hydrogen-bond acceptors (Lipinski definition) is 7. The third-order valence-electron chi connectivity index (χ3n) is 7.47. The number of benzene rings is 2. The van der Waals surface area contributed by atoms with Crippen molar-refractivity contribution >= 4 is 5.78 Å². The number of para-hydroxylation sites is 1. The van der Waals surface area contributed by atoms with Gasteiger partial charge in [0.15, 0.2) is 11.5 Å². The van der Waals surface area contributed by atoms with E-state index in [1.54, 1.807) is 33.5 Å². The molecule has 1 saturated carbocycles. The number of hydrogen-bond donors (Lipinski definition) is 2. The summed E-state index contributed by atoms with van der Waals surface area (Å²) in [4.78, 5) is 13.6. The second-order valence-corrected chi connectivity index (χ2v) is 9.24. The summed E-state index contributed by atoms with van der Waals surface area (Å²) in [5.74, 6) is 1.67. The number of carbonyl (C=O) groups excluding carboxylic acids is 1. The third kappa shape index (κ3) is 4.36. The van der Waals surface area contributed by atoms with E-state index in [4.69, 9.17) is 14.2 Å². The lowest BCUT2D eigenvalue weighted by atomic mass is 9.62. The lowest BCUT2D eigenvalue weighted by Gasteiger charge is -2.45. The zero-order chi connectivity index (χ0) is 24.3. The van der Waals surface area contributed by atoms with Gasteiger partial charge >= 0.3 is 0 Å². The molecule has 0 amide bonds. The van der Waals surface area contributed by atoms with Crippen LogP contribution in [0.15, 0.2) is 36.4 Å². The lowest BCUT2D eigenvalue weighted by molar-refractivity contribution is -0.134. The number of Topliss-reactive ketones (excluding diaryl/α,β-unsaturated/α-hetero) is 1. The minimum Gasteiger partial charge on any atom is -0.496 e. The molecule has 4 rings (SSSR count). The Bertz CT molecular complexity index is 1090. The second-order valence-electron chi connectivity index (χ2n) is 9.24. The molecule has 2 aliphatic rings. The number of fused-ring (bicyclic) bond motifs is 1. The number of nitriles is 1. The van der Waals surface area contributed by atoms with Crippen LogP contribution in [0.2, 0.25) is 0 Å². The van der Waals surface area contributed by atoms with Gasteiger partial charge in [0.05, 0.1) is 39.4 Å². The van der Waals surface area contributed by atoms with Crippen molar-refractivity contribution in [2.75, 3.05) is 34.4 Å². The highest BCUT2D eigenvalue weighted by Crippen LogP contribution is 2.51. The number of rotatable bonds is 8. The van der Waals surface area contributed by atoms with Gasteiger partial charge in [-0.05, 0) is 54.6 Å². The molecule has 2 N–H and O–H groups in total. The Labute approximate surface area is 200 Å². The molecule has 0 aromatic heterocycles. The highest BCUT2D eigenvalue weighted by Gasteiger charge is 2.52. The normalized spacial score (nSPS) is 25.8. The molecule has 0 spiro atoms. The van der Waals surface area contributed by atoms with Crippen molar-refractivity contribution in [3.63, 3.8) is 0 Å². The fourth-order valence-corrected chi connectivity index (χ4v) is 5.78.